The van der Waals surface area contributed by atoms with Crippen molar-refractivity contribution in [3.63, 3.8) is 0 Å². The average Bonchev–Trinajstić information content (AvgIpc) is 2.30. The number of hydrogen-bond donors (Lipinski definition) is 3. The molecule has 0 saturated carbocycles. The highest BCUT2D eigenvalue weighted by atomic mass is 16.5. The molecule has 1 amide bonds. The molecule has 5 N–H and O–H groups in total. The van der Waals surface area contributed by atoms with Gasteiger partial charge in [0.25, 0.3) is 0 Å². The van der Waals surface area contributed by atoms with E-state index in [4.69, 9.17) is 11.5 Å². The van der Waals surface area contributed by atoms with Crippen LogP contribution in [-0.4, -0.2) is 25.0 Å². The van der Waals surface area contributed by atoms with E-state index in [9.17, 15) is 9.59 Å². The van der Waals surface area contributed by atoms with E-state index in [0.717, 1.165) is 0 Å². The highest BCUT2D eigenvalue weighted by Gasteiger charge is 2.12. The Kier molecular flexibility index (Phi) is 4.06. The van der Waals surface area contributed by atoms with Crippen LogP contribution >= 0.6 is 0 Å². The van der Waals surface area contributed by atoms with Crippen LogP contribution in [0.4, 0.5) is 11.4 Å². The van der Waals surface area contributed by atoms with Gasteiger partial charge >= 0.3 is 5.97 Å². The third-order valence-electron chi connectivity index (χ3n) is 2.15. The first kappa shape index (κ1) is 13.0. The molecule has 1 aromatic carbocycles. The summed E-state index contributed by atoms with van der Waals surface area (Å²) in [7, 11) is 1.28. The molecule has 0 radical (unpaired) electrons. The lowest BCUT2D eigenvalue weighted by atomic mass is 10.1. The van der Waals surface area contributed by atoms with Crippen molar-refractivity contribution >= 4 is 23.3 Å². The molecule has 0 aliphatic rings. The van der Waals surface area contributed by atoms with Gasteiger partial charge in [0, 0.05) is 0 Å². The predicted molar refractivity (Wildman–Crippen MR) is 64.5 cm³/mol. The largest absolute Gasteiger partial charge is 0.465 e. The van der Waals surface area contributed by atoms with E-state index in [1.54, 1.807) is 6.92 Å². The molecule has 0 fully saturated rings. The number of carbonyl (C=O) groups excluding carboxylic acids is 2. The summed E-state index contributed by atoms with van der Waals surface area (Å²) in [5, 5.41) is 2.53. The molecule has 17 heavy (non-hydrogen) atoms. The van der Waals surface area contributed by atoms with Crippen molar-refractivity contribution in [2.75, 3.05) is 18.2 Å². The van der Waals surface area contributed by atoms with Crippen LogP contribution in [0.15, 0.2) is 18.2 Å². The topological polar surface area (TPSA) is 107 Å². The van der Waals surface area contributed by atoms with Crippen LogP contribution in [0.25, 0.3) is 0 Å². The van der Waals surface area contributed by atoms with Gasteiger partial charge in [0.05, 0.1) is 30.1 Å². The minimum atomic E-state index is -0.656. The van der Waals surface area contributed by atoms with Crippen molar-refractivity contribution in [2.24, 2.45) is 5.73 Å². The van der Waals surface area contributed by atoms with Crippen LogP contribution in [-0.2, 0) is 9.53 Å². The summed E-state index contributed by atoms with van der Waals surface area (Å²) in [6, 6.07) is 3.82. The Morgan fingerprint density at radius 1 is 1.41 bits per heavy atom. The fourth-order valence-electron chi connectivity index (χ4n) is 1.16. The maximum absolute atomic E-state index is 11.4. The van der Waals surface area contributed by atoms with Gasteiger partial charge in [-0.15, -0.1) is 0 Å². The number of methoxy groups -OCH3 is 1. The Balaban J connectivity index is 2.99. The quantitative estimate of drug-likeness (QED) is 0.519. The fourth-order valence-corrected chi connectivity index (χ4v) is 1.16. The Morgan fingerprint density at radius 3 is 2.59 bits per heavy atom. The molecule has 1 atom stereocenters. The number of carbonyl (C=O) groups is 2. The van der Waals surface area contributed by atoms with Gasteiger partial charge in [0.1, 0.15) is 0 Å². The van der Waals surface area contributed by atoms with E-state index in [2.05, 4.69) is 10.1 Å². The van der Waals surface area contributed by atoms with E-state index in [0.29, 0.717) is 16.9 Å². The molecule has 6 heteroatoms. The van der Waals surface area contributed by atoms with Crippen LogP contribution in [0.5, 0.6) is 0 Å². The lowest BCUT2D eigenvalue weighted by Crippen LogP contribution is -2.32. The zero-order valence-electron chi connectivity index (χ0n) is 9.69. The minimum absolute atomic E-state index is 0.307. The third kappa shape index (κ3) is 3.18. The monoisotopic (exact) mass is 237 g/mol. The van der Waals surface area contributed by atoms with Crippen LogP contribution in [0.1, 0.15) is 17.3 Å². The van der Waals surface area contributed by atoms with Gasteiger partial charge in [0.2, 0.25) is 5.91 Å². The molecule has 0 spiro atoms. The minimum Gasteiger partial charge on any atom is -0.465 e. The first-order chi connectivity index (χ1) is 7.95. The van der Waals surface area contributed by atoms with Crippen LogP contribution in [0.3, 0.4) is 0 Å². The van der Waals surface area contributed by atoms with Gasteiger partial charge in [-0.25, -0.2) is 4.79 Å². The molecule has 1 aromatic rings. The Hall–Kier alpha value is -2.08. The SMILES string of the molecule is COC(=O)c1ccc(N)c(NC(=O)C(C)N)c1. The third-order valence-corrected chi connectivity index (χ3v) is 2.15. The summed E-state index contributed by atoms with van der Waals surface area (Å²) in [5.41, 5.74) is 12.1. The summed E-state index contributed by atoms with van der Waals surface area (Å²) >= 11 is 0. The van der Waals surface area contributed by atoms with Crippen molar-refractivity contribution in [1.29, 1.82) is 0 Å². The Labute approximate surface area is 98.9 Å². The summed E-state index contributed by atoms with van der Waals surface area (Å²) < 4.78 is 4.57. The molecule has 92 valence electrons. The number of ether oxygens (including phenoxy) is 1. The maximum Gasteiger partial charge on any atom is 0.337 e. The van der Waals surface area contributed by atoms with E-state index < -0.39 is 12.0 Å². The van der Waals surface area contributed by atoms with Gasteiger partial charge in [-0.05, 0) is 25.1 Å². The van der Waals surface area contributed by atoms with Crippen molar-refractivity contribution in [3.8, 4) is 0 Å². The molecule has 0 saturated heterocycles. The molecule has 0 aromatic heterocycles. The summed E-state index contributed by atoms with van der Waals surface area (Å²) in [4.78, 5) is 22.7. The summed E-state index contributed by atoms with van der Waals surface area (Å²) in [5.74, 6) is -0.875. The molecule has 1 rings (SSSR count). The van der Waals surface area contributed by atoms with Crippen LogP contribution in [0.2, 0.25) is 0 Å². The number of amides is 1. The van der Waals surface area contributed by atoms with E-state index in [1.165, 1.54) is 25.3 Å². The molecule has 6 nitrogen and oxygen atoms in total. The van der Waals surface area contributed by atoms with Crippen molar-refractivity contribution in [2.45, 2.75) is 13.0 Å². The number of esters is 1. The van der Waals surface area contributed by atoms with Gasteiger partial charge < -0.3 is 21.5 Å². The predicted octanol–water partition coefficient (Wildman–Crippen LogP) is 0.341. The average molecular weight is 237 g/mol. The number of nitrogen functional groups attached to an aromatic ring is 1. The second-order valence-electron chi connectivity index (χ2n) is 3.57. The number of anilines is 2. The second kappa shape index (κ2) is 5.31. The first-order valence-electron chi connectivity index (χ1n) is 5.00. The lowest BCUT2D eigenvalue weighted by Gasteiger charge is -2.11. The van der Waals surface area contributed by atoms with Crippen LogP contribution < -0.4 is 16.8 Å². The molecule has 0 bridgehead atoms. The number of rotatable bonds is 3. The molecule has 1 unspecified atom stereocenters. The number of hydrogen-bond acceptors (Lipinski definition) is 5. The van der Waals surface area contributed by atoms with Crippen molar-refractivity contribution < 1.29 is 14.3 Å². The van der Waals surface area contributed by atoms with E-state index in [1.807, 2.05) is 0 Å². The highest BCUT2D eigenvalue weighted by molar-refractivity contribution is 5.99. The number of benzene rings is 1. The molecular weight excluding hydrogens is 222 g/mol. The van der Waals surface area contributed by atoms with E-state index >= 15 is 0 Å². The molecule has 0 aliphatic heterocycles. The summed E-state index contributed by atoms with van der Waals surface area (Å²) in [6.45, 7) is 1.55. The maximum atomic E-state index is 11.4. The van der Waals surface area contributed by atoms with Gasteiger partial charge in [0.15, 0.2) is 0 Å². The zero-order chi connectivity index (χ0) is 13.0. The smallest absolute Gasteiger partial charge is 0.337 e. The normalized spacial score (nSPS) is 11.7. The van der Waals surface area contributed by atoms with E-state index in [-0.39, 0.29) is 5.91 Å². The molecule has 0 aliphatic carbocycles. The first-order valence-corrected chi connectivity index (χ1v) is 5.00. The van der Waals surface area contributed by atoms with Gasteiger partial charge in [-0.3, -0.25) is 4.79 Å². The van der Waals surface area contributed by atoms with Gasteiger partial charge in [-0.2, -0.15) is 0 Å². The Bertz CT molecular complexity index is 444. The standard InChI is InChI=1S/C11H15N3O3/c1-6(12)10(15)14-9-5-7(11(16)17-2)3-4-8(9)13/h3-6H,12-13H2,1-2H3,(H,14,15). The highest BCUT2D eigenvalue weighted by Crippen LogP contribution is 2.20. The Morgan fingerprint density at radius 2 is 2.06 bits per heavy atom. The fraction of sp³-hybridized carbons (Fsp3) is 0.273. The number of nitrogens with two attached hydrogens (primary N) is 2. The number of nitrogens with one attached hydrogen (secondary N) is 1. The molecular formula is C11H15N3O3. The van der Waals surface area contributed by atoms with Crippen molar-refractivity contribution in [3.05, 3.63) is 23.8 Å². The summed E-state index contributed by atoms with van der Waals surface area (Å²) in [6.07, 6.45) is 0. The lowest BCUT2D eigenvalue weighted by molar-refractivity contribution is -0.117. The second-order valence-corrected chi connectivity index (χ2v) is 3.57. The zero-order valence-corrected chi connectivity index (χ0v) is 9.69. The molecule has 0 heterocycles. The van der Waals surface area contributed by atoms with Crippen molar-refractivity contribution in [1.82, 2.24) is 0 Å². The van der Waals surface area contributed by atoms with Gasteiger partial charge in [-0.1, -0.05) is 0 Å². The van der Waals surface area contributed by atoms with Crippen LogP contribution in [0, 0.1) is 0 Å².